The Morgan fingerprint density at radius 1 is 1.30 bits per heavy atom. The van der Waals surface area contributed by atoms with E-state index >= 15 is 0 Å². The highest BCUT2D eigenvalue weighted by Crippen LogP contribution is 2.57. The highest BCUT2D eigenvalue weighted by atomic mass is 16.5. The number of nitrogens with zero attached hydrogens (tertiary/aromatic N) is 1. The van der Waals surface area contributed by atoms with E-state index in [9.17, 15) is 0 Å². The Morgan fingerprint density at radius 3 is 2.65 bits per heavy atom. The summed E-state index contributed by atoms with van der Waals surface area (Å²) in [5.74, 6) is 0.885. The third-order valence-corrected chi connectivity index (χ3v) is 4.71. The van der Waals surface area contributed by atoms with E-state index < -0.39 is 0 Å². The van der Waals surface area contributed by atoms with Crippen LogP contribution in [0.1, 0.15) is 39.5 Å². The molecule has 20 heavy (non-hydrogen) atoms. The Bertz CT molecular complexity index is 329. The van der Waals surface area contributed by atoms with Crippen LogP contribution in [0.15, 0.2) is 4.99 Å². The molecule has 5 heteroatoms. The Balaban J connectivity index is 1.77. The maximum atomic E-state index is 5.87. The standard InChI is InChI=1S/C15H29N3O2/c1-4-19-10-9-17-14(16-3)18-12-11-13(20-5-2)15(12)7-6-8-15/h12-13H,4-11H2,1-3H3,(H2,16,17,18). The molecule has 0 aromatic carbocycles. The smallest absolute Gasteiger partial charge is 0.191 e. The van der Waals surface area contributed by atoms with Crippen molar-refractivity contribution in [1.29, 1.82) is 0 Å². The fourth-order valence-corrected chi connectivity index (χ4v) is 3.39. The lowest BCUT2D eigenvalue weighted by Gasteiger charge is -2.61. The molecule has 2 atom stereocenters. The zero-order chi connectivity index (χ0) is 14.4. The molecule has 0 radical (unpaired) electrons. The monoisotopic (exact) mass is 283 g/mol. The quantitative estimate of drug-likeness (QED) is 0.423. The van der Waals surface area contributed by atoms with Gasteiger partial charge in [0.1, 0.15) is 0 Å². The van der Waals surface area contributed by atoms with Crippen LogP contribution in [0.3, 0.4) is 0 Å². The van der Waals surface area contributed by atoms with Gasteiger partial charge in [-0.2, -0.15) is 0 Å². The predicted molar refractivity (Wildman–Crippen MR) is 81.1 cm³/mol. The molecule has 2 N–H and O–H groups in total. The van der Waals surface area contributed by atoms with Gasteiger partial charge in [0, 0.05) is 38.3 Å². The van der Waals surface area contributed by atoms with Crippen LogP contribution in [-0.2, 0) is 9.47 Å². The SMILES string of the molecule is CCOCCNC(=NC)NC1CC(OCC)C12CCC2. The van der Waals surface area contributed by atoms with Crippen LogP contribution in [-0.4, -0.2) is 51.5 Å². The highest BCUT2D eigenvalue weighted by Gasteiger charge is 2.59. The van der Waals surface area contributed by atoms with Gasteiger partial charge in [0.15, 0.2) is 5.96 Å². The molecule has 1 spiro atoms. The molecule has 2 fully saturated rings. The Kier molecular flexibility index (Phi) is 5.66. The highest BCUT2D eigenvalue weighted by molar-refractivity contribution is 5.80. The molecule has 0 aromatic heterocycles. The summed E-state index contributed by atoms with van der Waals surface area (Å²) in [5.41, 5.74) is 0.369. The van der Waals surface area contributed by atoms with Crippen LogP contribution >= 0.6 is 0 Å². The molecule has 0 aliphatic heterocycles. The summed E-state index contributed by atoms with van der Waals surface area (Å²) in [4.78, 5) is 4.30. The maximum absolute atomic E-state index is 5.87. The first-order valence-corrected chi connectivity index (χ1v) is 7.93. The lowest BCUT2D eigenvalue weighted by atomic mass is 9.51. The van der Waals surface area contributed by atoms with Gasteiger partial charge in [0.25, 0.3) is 0 Å². The lowest BCUT2D eigenvalue weighted by Crippen LogP contribution is -2.68. The second-order valence-electron chi connectivity index (χ2n) is 5.66. The molecule has 0 amide bonds. The van der Waals surface area contributed by atoms with Gasteiger partial charge in [-0.3, -0.25) is 4.99 Å². The first-order valence-electron chi connectivity index (χ1n) is 7.93. The molecule has 0 saturated heterocycles. The predicted octanol–water partition coefficient (Wildman–Crippen LogP) is 1.54. The molecule has 0 aromatic rings. The number of aliphatic imine (C=N–C) groups is 1. The van der Waals surface area contributed by atoms with Crippen molar-refractivity contribution < 1.29 is 9.47 Å². The number of rotatable bonds is 7. The van der Waals surface area contributed by atoms with Gasteiger partial charge in [-0.15, -0.1) is 0 Å². The molecule has 0 heterocycles. The van der Waals surface area contributed by atoms with Gasteiger partial charge in [0.05, 0.1) is 12.7 Å². The van der Waals surface area contributed by atoms with Gasteiger partial charge < -0.3 is 20.1 Å². The number of hydrogen-bond acceptors (Lipinski definition) is 3. The normalized spacial score (nSPS) is 27.9. The van der Waals surface area contributed by atoms with Crippen molar-refractivity contribution in [2.75, 3.05) is 33.4 Å². The van der Waals surface area contributed by atoms with E-state index in [1.165, 1.54) is 19.3 Å². The average Bonchev–Trinajstić information content (AvgIpc) is 2.38. The molecular formula is C15H29N3O2. The molecule has 0 bridgehead atoms. The number of ether oxygens (including phenoxy) is 2. The Hall–Kier alpha value is -0.810. The van der Waals surface area contributed by atoms with Crippen molar-refractivity contribution in [2.24, 2.45) is 10.4 Å². The first kappa shape index (κ1) is 15.6. The summed E-state index contributed by atoms with van der Waals surface area (Å²) in [6, 6.07) is 0.506. The van der Waals surface area contributed by atoms with Crippen molar-refractivity contribution in [3.63, 3.8) is 0 Å². The van der Waals surface area contributed by atoms with Gasteiger partial charge in [-0.25, -0.2) is 0 Å². The molecule has 2 saturated carbocycles. The maximum Gasteiger partial charge on any atom is 0.191 e. The molecule has 116 valence electrons. The summed E-state index contributed by atoms with van der Waals surface area (Å²) in [5, 5.41) is 6.87. The van der Waals surface area contributed by atoms with Crippen LogP contribution in [0.25, 0.3) is 0 Å². The molecule has 2 aliphatic rings. The van der Waals surface area contributed by atoms with Crippen molar-refractivity contribution in [3.05, 3.63) is 0 Å². The zero-order valence-electron chi connectivity index (χ0n) is 13.1. The van der Waals surface area contributed by atoms with Crippen LogP contribution in [0.4, 0.5) is 0 Å². The van der Waals surface area contributed by atoms with E-state index in [1.54, 1.807) is 0 Å². The largest absolute Gasteiger partial charge is 0.380 e. The first-order chi connectivity index (χ1) is 9.76. The van der Waals surface area contributed by atoms with Crippen LogP contribution in [0, 0.1) is 5.41 Å². The van der Waals surface area contributed by atoms with E-state index in [1.807, 2.05) is 14.0 Å². The van der Waals surface area contributed by atoms with Crippen molar-refractivity contribution in [3.8, 4) is 0 Å². The summed E-state index contributed by atoms with van der Waals surface area (Å²) in [6.07, 6.45) is 5.44. The van der Waals surface area contributed by atoms with E-state index in [0.717, 1.165) is 32.1 Å². The molecular weight excluding hydrogens is 254 g/mol. The van der Waals surface area contributed by atoms with Gasteiger partial charge in [-0.05, 0) is 33.1 Å². The van der Waals surface area contributed by atoms with Gasteiger partial charge in [0.2, 0.25) is 0 Å². The van der Waals surface area contributed by atoms with E-state index in [-0.39, 0.29) is 0 Å². The molecule has 2 unspecified atom stereocenters. The molecule has 2 rings (SSSR count). The molecule has 2 aliphatic carbocycles. The fraction of sp³-hybridized carbons (Fsp3) is 0.933. The van der Waals surface area contributed by atoms with Crippen LogP contribution in [0.5, 0.6) is 0 Å². The third kappa shape index (κ3) is 3.09. The average molecular weight is 283 g/mol. The lowest BCUT2D eigenvalue weighted by molar-refractivity contribution is -0.168. The summed E-state index contributed by atoms with van der Waals surface area (Å²) < 4.78 is 11.2. The summed E-state index contributed by atoms with van der Waals surface area (Å²) >= 11 is 0. The van der Waals surface area contributed by atoms with Crippen molar-refractivity contribution >= 4 is 5.96 Å². The van der Waals surface area contributed by atoms with Crippen molar-refractivity contribution in [2.45, 2.75) is 51.7 Å². The van der Waals surface area contributed by atoms with Gasteiger partial charge >= 0.3 is 0 Å². The second-order valence-corrected chi connectivity index (χ2v) is 5.66. The topological polar surface area (TPSA) is 54.9 Å². The van der Waals surface area contributed by atoms with Crippen molar-refractivity contribution in [1.82, 2.24) is 10.6 Å². The van der Waals surface area contributed by atoms with Gasteiger partial charge in [-0.1, -0.05) is 6.42 Å². The minimum Gasteiger partial charge on any atom is -0.380 e. The second kappa shape index (κ2) is 7.27. The third-order valence-electron chi connectivity index (χ3n) is 4.71. The minimum absolute atomic E-state index is 0.369. The fourth-order valence-electron chi connectivity index (χ4n) is 3.39. The van der Waals surface area contributed by atoms with E-state index in [4.69, 9.17) is 9.47 Å². The Labute approximate surface area is 122 Å². The molecule has 5 nitrogen and oxygen atoms in total. The number of hydrogen-bond donors (Lipinski definition) is 2. The van der Waals surface area contributed by atoms with Crippen LogP contribution in [0.2, 0.25) is 0 Å². The Morgan fingerprint density at radius 2 is 2.10 bits per heavy atom. The number of nitrogens with one attached hydrogen (secondary N) is 2. The minimum atomic E-state index is 0.369. The number of guanidine groups is 1. The summed E-state index contributed by atoms with van der Waals surface area (Å²) in [7, 11) is 1.82. The van der Waals surface area contributed by atoms with E-state index in [0.29, 0.717) is 24.2 Å². The van der Waals surface area contributed by atoms with Crippen LogP contribution < -0.4 is 10.6 Å². The summed E-state index contributed by atoms with van der Waals surface area (Å²) in [6.45, 7) is 7.18. The zero-order valence-corrected chi connectivity index (χ0v) is 13.1. The van der Waals surface area contributed by atoms with E-state index in [2.05, 4.69) is 22.5 Å².